The smallest absolute Gasteiger partial charge is 0.255 e. The van der Waals surface area contributed by atoms with Crippen LogP contribution in [0.5, 0.6) is 5.75 Å². The molecule has 33 heavy (non-hydrogen) atoms. The van der Waals surface area contributed by atoms with Gasteiger partial charge in [0.05, 0.1) is 11.5 Å². The number of nitrogens with one attached hydrogen (secondary N) is 2. The minimum absolute atomic E-state index is 0.0240. The van der Waals surface area contributed by atoms with Crippen molar-refractivity contribution in [3.05, 3.63) is 29.3 Å². The van der Waals surface area contributed by atoms with E-state index in [4.69, 9.17) is 4.74 Å². The fourth-order valence-corrected chi connectivity index (χ4v) is 5.53. The van der Waals surface area contributed by atoms with Crippen molar-refractivity contribution in [2.45, 2.75) is 82.5 Å². The third-order valence-corrected chi connectivity index (χ3v) is 7.74. The predicted octanol–water partition coefficient (Wildman–Crippen LogP) is 2.42. The van der Waals surface area contributed by atoms with Crippen LogP contribution in [0, 0.1) is 16.7 Å². The second-order valence-corrected chi connectivity index (χ2v) is 9.89. The van der Waals surface area contributed by atoms with Gasteiger partial charge in [0.15, 0.2) is 0 Å². The molecule has 2 aliphatic heterocycles. The molecule has 1 aromatic carbocycles. The highest BCUT2D eigenvalue weighted by molar-refractivity contribution is 6.05. The number of nitrogens with zero attached hydrogens (tertiary/aromatic N) is 2. The number of carbonyl (C=O) groups is 3. The summed E-state index contributed by atoms with van der Waals surface area (Å²) in [5, 5.41) is 15.5. The van der Waals surface area contributed by atoms with Crippen LogP contribution in [-0.2, 0) is 16.1 Å². The van der Waals surface area contributed by atoms with E-state index in [-0.39, 0.29) is 35.8 Å². The Balaban J connectivity index is 1.25. The molecule has 0 bridgehead atoms. The van der Waals surface area contributed by atoms with Crippen LogP contribution in [0.4, 0.5) is 0 Å². The van der Waals surface area contributed by atoms with Gasteiger partial charge in [-0.2, -0.15) is 5.26 Å². The van der Waals surface area contributed by atoms with E-state index in [0.29, 0.717) is 25.1 Å². The molecule has 0 spiro atoms. The molecular weight excluding hydrogens is 420 g/mol. The Morgan fingerprint density at radius 2 is 1.97 bits per heavy atom. The zero-order valence-electron chi connectivity index (χ0n) is 18.8. The Bertz CT molecular complexity index is 1010. The molecule has 2 aliphatic carbocycles. The van der Waals surface area contributed by atoms with Gasteiger partial charge < -0.3 is 15.0 Å². The molecule has 3 fully saturated rings. The number of amides is 3. The SMILES string of the molecule is N#CC1(CN[C@H]2CCCC[C@H]2Oc2ccc3c(c2)CN(C2CCC(=O)NC2=O)C3=O)CCC1. The summed E-state index contributed by atoms with van der Waals surface area (Å²) in [5.74, 6) is -0.138. The van der Waals surface area contributed by atoms with Gasteiger partial charge >= 0.3 is 0 Å². The number of piperidine rings is 1. The lowest BCUT2D eigenvalue weighted by Gasteiger charge is -2.39. The molecule has 0 aromatic heterocycles. The summed E-state index contributed by atoms with van der Waals surface area (Å²) in [6, 6.07) is 7.62. The van der Waals surface area contributed by atoms with Crippen LogP contribution in [-0.4, -0.2) is 47.4 Å². The van der Waals surface area contributed by atoms with E-state index < -0.39 is 11.9 Å². The zero-order valence-corrected chi connectivity index (χ0v) is 18.8. The van der Waals surface area contributed by atoms with Crippen LogP contribution >= 0.6 is 0 Å². The molecule has 2 heterocycles. The number of ether oxygens (including phenoxy) is 1. The molecule has 1 aromatic rings. The van der Waals surface area contributed by atoms with Gasteiger partial charge in [-0.1, -0.05) is 12.8 Å². The summed E-state index contributed by atoms with van der Waals surface area (Å²) >= 11 is 0. The average molecular weight is 451 g/mol. The molecule has 4 aliphatic rings. The maximum Gasteiger partial charge on any atom is 0.255 e. The van der Waals surface area contributed by atoms with Crippen molar-refractivity contribution in [3.63, 3.8) is 0 Å². The van der Waals surface area contributed by atoms with Gasteiger partial charge in [-0.05, 0) is 62.3 Å². The molecule has 8 heteroatoms. The molecule has 8 nitrogen and oxygen atoms in total. The number of rotatable bonds is 6. The van der Waals surface area contributed by atoms with Crippen molar-refractivity contribution in [3.8, 4) is 11.8 Å². The highest BCUT2D eigenvalue weighted by Crippen LogP contribution is 2.40. The van der Waals surface area contributed by atoms with Crippen LogP contribution in [0.25, 0.3) is 0 Å². The topological polar surface area (TPSA) is 112 Å². The van der Waals surface area contributed by atoms with Crippen molar-refractivity contribution in [1.82, 2.24) is 15.5 Å². The summed E-state index contributed by atoms with van der Waals surface area (Å²) in [4.78, 5) is 38.2. The summed E-state index contributed by atoms with van der Waals surface area (Å²) in [5.41, 5.74) is 1.22. The van der Waals surface area contributed by atoms with Crippen LogP contribution < -0.4 is 15.4 Å². The second-order valence-electron chi connectivity index (χ2n) is 9.89. The molecule has 2 N–H and O–H groups in total. The summed E-state index contributed by atoms with van der Waals surface area (Å²) < 4.78 is 6.40. The third-order valence-electron chi connectivity index (χ3n) is 7.74. The molecule has 1 unspecified atom stereocenters. The normalized spacial score (nSPS) is 28.5. The fourth-order valence-electron chi connectivity index (χ4n) is 5.53. The van der Waals surface area contributed by atoms with E-state index in [1.807, 2.05) is 12.1 Å². The maximum absolute atomic E-state index is 12.9. The first-order chi connectivity index (χ1) is 16.0. The lowest BCUT2D eigenvalue weighted by atomic mass is 9.70. The minimum atomic E-state index is -0.613. The van der Waals surface area contributed by atoms with E-state index >= 15 is 0 Å². The Morgan fingerprint density at radius 3 is 2.70 bits per heavy atom. The van der Waals surface area contributed by atoms with Crippen LogP contribution in [0.15, 0.2) is 18.2 Å². The Morgan fingerprint density at radius 1 is 1.15 bits per heavy atom. The first-order valence-corrected chi connectivity index (χ1v) is 12.1. The van der Waals surface area contributed by atoms with E-state index in [2.05, 4.69) is 16.7 Å². The molecule has 3 amide bonds. The molecule has 1 saturated heterocycles. The largest absolute Gasteiger partial charge is 0.489 e. The molecule has 3 atom stereocenters. The third kappa shape index (κ3) is 4.22. The van der Waals surface area contributed by atoms with Gasteiger partial charge in [0.25, 0.3) is 5.91 Å². The monoisotopic (exact) mass is 450 g/mol. The van der Waals surface area contributed by atoms with E-state index in [9.17, 15) is 19.6 Å². The van der Waals surface area contributed by atoms with Crippen LogP contribution in [0.2, 0.25) is 0 Å². The number of carbonyl (C=O) groups excluding carboxylic acids is 3. The Labute approximate surface area is 193 Å². The first kappa shape index (κ1) is 21.9. The number of hydrogen-bond acceptors (Lipinski definition) is 6. The van der Waals surface area contributed by atoms with E-state index in [0.717, 1.165) is 56.3 Å². The van der Waals surface area contributed by atoms with Crippen LogP contribution in [0.1, 0.15) is 73.7 Å². The highest BCUT2D eigenvalue weighted by Gasteiger charge is 2.40. The summed E-state index contributed by atoms with van der Waals surface area (Å²) in [6.45, 7) is 1.06. The zero-order chi connectivity index (χ0) is 23.0. The van der Waals surface area contributed by atoms with Gasteiger partial charge in [0.2, 0.25) is 11.8 Å². The van der Waals surface area contributed by atoms with Crippen molar-refractivity contribution < 1.29 is 19.1 Å². The van der Waals surface area contributed by atoms with Gasteiger partial charge in [0.1, 0.15) is 17.9 Å². The maximum atomic E-state index is 12.9. The van der Waals surface area contributed by atoms with Crippen molar-refractivity contribution in [1.29, 1.82) is 5.26 Å². The molecular formula is C25H30N4O4. The molecule has 2 saturated carbocycles. The van der Waals surface area contributed by atoms with Gasteiger partial charge in [-0.3, -0.25) is 19.7 Å². The lowest BCUT2D eigenvalue weighted by molar-refractivity contribution is -0.136. The van der Waals surface area contributed by atoms with Gasteiger partial charge in [-0.25, -0.2) is 0 Å². The van der Waals surface area contributed by atoms with Crippen molar-refractivity contribution in [2.75, 3.05) is 6.54 Å². The summed E-state index contributed by atoms with van der Waals surface area (Å²) in [7, 11) is 0. The Kier molecular flexibility index (Phi) is 5.83. The number of hydrogen-bond donors (Lipinski definition) is 2. The number of imide groups is 1. The number of nitriles is 1. The fraction of sp³-hybridized carbons (Fsp3) is 0.600. The average Bonchev–Trinajstić information content (AvgIpc) is 3.10. The summed E-state index contributed by atoms with van der Waals surface area (Å²) in [6.07, 6.45) is 7.93. The Hall–Kier alpha value is -2.92. The highest BCUT2D eigenvalue weighted by atomic mass is 16.5. The minimum Gasteiger partial charge on any atom is -0.489 e. The van der Waals surface area contributed by atoms with Crippen molar-refractivity contribution in [2.24, 2.45) is 5.41 Å². The van der Waals surface area contributed by atoms with Crippen LogP contribution in [0.3, 0.4) is 0 Å². The number of fused-ring (bicyclic) bond motifs is 1. The van der Waals surface area contributed by atoms with E-state index in [1.165, 1.54) is 0 Å². The number of benzene rings is 1. The lowest BCUT2D eigenvalue weighted by Crippen LogP contribution is -2.52. The molecule has 5 rings (SSSR count). The van der Waals surface area contributed by atoms with E-state index in [1.54, 1.807) is 11.0 Å². The standard InChI is InChI=1S/C25H30N4O4/c26-14-25(10-3-11-25)15-27-19-4-1-2-5-21(19)33-17-6-7-18-16(12-17)13-29(24(18)32)20-8-9-22(30)28-23(20)31/h6-7,12,19-21,27H,1-5,8-11,13,15H2,(H,28,30,31)/t19-,20?,21+/m0/s1. The quantitative estimate of drug-likeness (QED) is 0.644. The predicted molar refractivity (Wildman–Crippen MR) is 119 cm³/mol. The first-order valence-electron chi connectivity index (χ1n) is 12.1. The second kappa shape index (κ2) is 8.79. The van der Waals surface area contributed by atoms with Gasteiger partial charge in [-0.15, -0.1) is 0 Å². The molecule has 0 radical (unpaired) electrons. The van der Waals surface area contributed by atoms with Gasteiger partial charge in [0, 0.05) is 31.1 Å². The molecule has 174 valence electrons. The van der Waals surface area contributed by atoms with Crippen molar-refractivity contribution >= 4 is 17.7 Å².